The summed E-state index contributed by atoms with van der Waals surface area (Å²) in [6.07, 6.45) is 0.0744. The molecular formula is C9H18N2O3. The second-order valence-electron chi connectivity index (χ2n) is 4.17. The van der Waals surface area contributed by atoms with Crippen LogP contribution in [0.25, 0.3) is 0 Å². The highest BCUT2D eigenvalue weighted by atomic mass is 16.5. The topological polar surface area (TPSA) is 75.8 Å². The van der Waals surface area contributed by atoms with Crippen molar-refractivity contribution in [2.24, 2.45) is 5.73 Å². The molecule has 0 aliphatic carbocycles. The van der Waals surface area contributed by atoms with Gasteiger partial charge in [0, 0.05) is 13.1 Å². The van der Waals surface area contributed by atoms with Gasteiger partial charge in [-0.1, -0.05) is 0 Å². The van der Waals surface area contributed by atoms with E-state index in [4.69, 9.17) is 5.73 Å². The molecule has 1 rings (SSSR count). The number of aliphatic hydroxyl groups is 1. The fraction of sp³-hybridized carbons (Fsp3) is 0.889. The van der Waals surface area contributed by atoms with Gasteiger partial charge in [0.2, 0.25) is 0 Å². The predicted molar refractivity (Wildman–Crippen MR) is 51.8 cm³/mol. The van der Waals surface area contributed by atoms with Crippen molar-refractivity contribution in [3.05, 3.63) is 0 Å². The van der Waals surface area contributed by atoms with Gasteiger partial charge in [0.15, 0.2) is 0 Å². The van der Waals surface area contributed by atoms with Crippen LogP contribution in [0.2, 0.25) is 0 Å². The summed E-state index contributed by atoms with van der Waals surface area (Å²) in [5.74, 6) is 0. The normalized spacial score (nSPS) is 30.5. The Labute approximate surface area is 83.8 Å². The first-order chi connectivity index (χ1) is 6.39. The molecule has 1 atom stereocenters. The first-order valence-corrected chi connectivity index (χ1v) is 4.67. The Kier molecular flexibility index (Phi) is 2.74. The zero-order valence-corrected chi connectivity index (χ0v) is 8.91. The molecule has 0 radical (unpaired) electrons. The van der Waals surface area contributed by atoms with Crippen molar-refractivity contribution in [2.75, 3.05) is 20.2 Å². The van der Waals surface area contributed by atoms with Crippen LogP contribution < -0.4 is 5.73 Å². The highest BCUT2D eigenvalue weighted by molar-refractivity contribution is 5.69. The van der Waals surface area contributed by atoms with Crippen molar-refractivity contribution in [3.63, 3.8) is 0 Å². The van der Waals surface area contributed by atoms with Crippen LogP contribution in [0.4, 0.5) is 4.79 Å². The molecule has 1 fully saturated rings. The van der Waals surface area contributed by atoms with Crippen LogP contribution in [0.3, 0.4) is 0 Å². The monoisotopic (exact) mass is 202 g/mol. The van der Waals surface area contributed by atoms with Gasteiger partial charge in [-0.15, -0.1) is 0 Å². The van der Waals surface area contributed by atoms with Gasteiger partial charge in [0.05, 0.1) is 12.6 Å². The average molecular weight is 202 g/mol. The molecule has 1 aliphatic heterocycles. The standard InChI is InChI=1S/C9H18N2O3/c1-8(2)9(13,6-10)4-5-11(8)7(12)14-3/h13H,4-6,10H2,1-3H3. The Bertz CT molecular complexity index is 242. The molecular weight excluding hydrogens is 184 g/mol. The summed E-state index contributed by atoms with van der Waals surface area (Å²) in [6.45, 7) is 4.22. The largest absolute Gasteiger partial charge is 0.453 e. The van der Waals surface area contributed by atoms with Crippen LogP contribution in [0.15, 0.2) is 0 Å². The van der Waals surface area contributed by atoms with E-state index in [1.54, 1.807) is 13.8 Å². The highest BCUT2D eigenvalue weighted by Crippen LogP contribution is 2.37. The minimum atomic E-state index is -1.01. The number of nitrogens with two attached hydrogens (primary N) is 1. The van der Waals surface area contributed by atoms with E-state index in [-0.39, 0.29) is 6.54 Å². The molecule has 0 aromatic heterocycles. The van der Waals surface area contributed by atoms with Crippen molar-refractivity contribution >= 4 is 6.09 Å². The smallest absolute Gasteiger partial charge is 0.410 e. The summed E-state index contributed by atoms with van der Waals surface area (Å²) in [4.78, 5) is 12.9. The lowest BCUT2D eigenvalue weighted by molar-refractivity contribution is -0.0331. The molecule has 1 saturated heterocycles. The van der Waals surface area contributed by atoms with Gasteiger partial charge < -0.3 is 20.5 Å². The van der Waals surface area contributed by atoms with Crippen LogP contribution in [0.5, 0.6) is 0 Å². The van der Waals surface area contributed by atoms with E-state index < -0.39 is 17.2 Å². The summed E-state index contributed by atoms with van der Waals surface area (Å²) in [7, 11) is 1.33. The van der Waals surface area contributed by atoms with Crippen LogP contribution in [0.1, 0.15) is 20.3 Å². The van der Waals surface area contributed by atoms with Gasteiger partial charge in [-0.25, -0.2) is 4.79 Å². The fourth-order valence-electron chi connectivity index (χ4n) is 1.91. The van der Waals surface area contributed by atoms with Crippen molar-refractivity contribution in [2.45, 2.75) is 31.4 Å². The Morgan fingerprint density at radius 1 is 1.64 bits per heavy atom. The summed E-state index contributed by atoms with van der Waals surface area (Å²) in [5, 5.41) is 10.2. The number of carbonyl (C=O) groups excluding carboxylic acids is 1. The molecule has 1 amide bonds. The van der Waals surface area contributed by atoms with Gasteiger partial charge in [0.1, 0.15) is 5.60 Å². The predicted octanol–water partition coefficient (Wildman–Crippen LogP) is -0.0731. The van der Waals surface area contributed by atoms with Gasteiger partial charge in [-0.3, -0.25) is 0 Å². The Morgan fingerprint density at radius 2 is 2.21 bits per heavy atom. The minimum absolute atomic E-state index is 0.146. The molecule has 1 heterocycles. The van der Waals surface area contributed by atoms with Crippen molar-refractivity contribution in [1.82, 2.24) is 4.90 Å². The molecule has 82 valence electrons. The number of likely N-dealkylation sites (tertiary alicyclic amines) is 1. The number of hydrogen-bond acceptors (Lipinski definition) is 4. The third kappa shape index (κ3) is 1.36. The summed E-state index contributed by atoms with van der Waals surface area (Å²) >= 11 is 0. The maximum atomic E-state index is 11.4. The first kappa shape index (κ1) is 11.3. The third-order valence-corrected chi connectivity index (χ3v) is 3.30. The maximum Gasteiger partial charge on any atom is 0.410 e. The van der Waals surface area contributed by atoms with Crippen LogP contribution >= 0.6 is 0 Å². The van der Waals surface area contributed by atoms with Crippen LogP contribution in [-0.2, 0) is 4.74 Å². The minimum Gasteiger partial charge on any atom is -0.453 e. The molecule has 0 spiro atoms. The number of ether oxygens (including phenoxy) is 1. The van der Waals surface area contributed by atoms with E-state index in [0.717, 1.165) is 0 Å². The molecule has 1 unspecified atom stereocenters. The molecule has 5 nitrogen and oxygen atoms in total. The maximum absolute atomic E-state index is 11.4. The number of amides is 1. The van der Waals surface area contributed by atoms with Gasteiger partial charge in [-0.2, -0.15) is 0 Å². The molecule has 0 aromatic carbocycles. The second-order valence-corrected chi connectivity index (χ2v) is 4.17. The van der Waals surface area contributed by atoms with Crippen LogP contribution in [-0.4, -0.2) is 47.4 Å². The lowest BCUT2D eigenvalue weighted by Gasteiger charge is -2.40. The Balaban J connectivity index is 2.91. The first-order valence-electron chi connectivity index (χ1n) is 4.67. The summed E-state index contributed by atoms with van der Waals surface area (Å²) in [6, 6.07) is 0. The second kappa shape index (κ2) is 3.40. The number of rotatable bonds is 1. The Hall–Kier alpha value is -0.810. The van der Waals surface area contributed by atoms with E-state index >= 15 is 0 Å². The average Bonchev–Trinajstić information content (AvgIpc) is 2.38. The number of carbonyl (C=O) groups is 1. The molecule has 0 aromatic rings. The lowest BCUT2D eigenvalue weighted by Crippen LogP contribution is -2.58. The van der Waals surface area contributed by atoms with E-state index in [0.29, 0.717) is 13.0 Å². The van der Waals surface area contributed by atoms with E-state index in [9.17, 15) is 9.90 Å². The molecule has 0 bridgehead atoms. The summed E-state index contributed by atoms with van der Waals surface area (Å²) < 4.78 is 4.64. The molecule has 0 saturated carbocycles. The van der Waals surface area contributed by atoms with E-state index in [1.165, 1.54) is 12.0 Å². The zero-order chi connectivity index (χ0) is 11.0. The van der Waals surface area contributed by atoms with Gasteiger partial charge in [0.25, 0.3) is 0 Å². The fourth-order valence-corrected chi connectivity index (χ4v) is 1.91. The number of nitrogens with zero attached hydrogens (tertiary/aromatic N) is 1. The molecule has 3 N–H and O–H groups in total. The van der Waals surface area contributed by atoms with Gasteiger partial charge >= 0.3 is 6.09 Å². The number of methoxy groups -OCH3 is 1. The third-order valence-electron chi connectivity index (χ3n) is 3.30. The SMILES string of the molecule is COC(=O)N1CCC(O)(CN)C1(C)C. The molecule has 1 aliphatic rings. The highest BCUT2D eigenvalue weighted by Gasteiger charge is 2.53. The zero-order valence-electron chi connectivity index (χ0n) is 8.91. The van der Waals surface area contributed by atoms with Crippen molar-refractivity contribution in [1.29, 1.82) is 0 Å². The van der Waals surface area contributed by atoms with E-state index in [1.807, 2.05) is 0 Å². The number of hydrogen-bond donors (Lipinski definition) is 2. The molecule has 14 heavy (non-hydrogen) atoms. The molecule has 5 heteroatoms. The van der Waals surface area contributed by atoms with Crippen molar-refractivity contribution in [3.8, 4) is 0 Å². The van der Waals surface area contributed by atoms with Gasteiger partial charge in [-0.05, 0) is 20.3 Å². The Morgan fingerprint density at radius 3 is 2.57 bits per heavy atom. The van der Waals surface area contributed by atoms with Crippen molar-refractivity contribution < 1.29 is 14.6 Å². The quantitative estimate of drug-likeness (QED) is 0.624. The summed E-state index contributed by atoms with van der Waals surface area (Å²) in [5.41, 5.74) is 3.83. The van der Waals surface area contributed by atoms with Crippen LogP contribution in [0, 0.1) is 0 Å². The lowest BCUT2D eigenvalue weighted by atomic mass is 9.84. The van der Waals surface area contributed by atoms with E-state index in [2.05, 4.69) is 4.74 Å².